The summed E-state index contributed by atoms with van der Waals surface area (Å²) in [4.78, 5) is 0. The predicted molar refractivity (Wildman–Crippen MR) is 90.0 cm³/mol. The SMILES string of the molecule is CCSCCOc1c(OC)cc(CNC(C)C)cc1OC. The summed E-state index contributed by atoms with van der Waals surface area (Å²) >= 11 is 1.85. The third-order valence-corrected chi connectivity index (χ3v) is 3.78. The van der Waals surface area contributed by atoms with Crippen LogP contribution in [0.2, 0.25) is 0 Å². The Morgan fingerprint density at radius 3 is 2.24 bits per heavy atom. The van der Waals surface area contributed by atoms with Crippen molar-refractivity contribution in [3.63, 3.8) is 0 Å². The lowest BCUT2D eigenvalue weighted by Gasteiger charge is -2.17. The van der Waals surface area contributed by atoms with Crippen molar-refractivity contribution in [1.29, 1.82) is 0 Å². The average molecular weight is 313 g/mol. The molecule has 0 amide bonds. The van der Waals surface area contributed by atoms with Crippen molar-refractivity contribution in [2.45, 2.75) is 33.4 Å². The zero-order chi connectivity index (χ0) is 15.7. The number of methoxy groups -OCH3 is 2. The zero-order valence-corrected chi connectivity index (χ0v) is 14.5. The molecule has 0 aromatic heterocycles. The van der Waals surface area contributed by atoms with Crippen molar-refractivity contribution in [1.82, 2.24) is 5.32 Å². The van der Waals surface area contributed by atoms with Crippen LogP contribution in [0.5, 0.6) is 17.2 Å². The van der Waals surface area contributed by atoms with E-state index in [4.69, 9.17) is 14.2 Å². The second kappa shape index (κ2) is 9.79. The summed E-state index contributed by atoms with van der Waals surface area (Å²) in [6.45, 7) is 7.81. The molecule has 1 aromatic rings. The van der Waals surface area contributed by atoms with Gasteiger partial charge in [-0.3, -0.25) is 0 Å². The fraction of sp³-hybridized carbons (Fsp3) is 0.625. The summed E-state index contributed by atoms with van der Waals surface area (Å²) < 4.78 is 16.7. The Hall–Kier alpha value is -1.07. The van der Waals surface area contributed by atoms with Gasteiger partial charge in [-0.1, -0.05) is 20.8 Å². The Kier molecular flexibility index (Phi) is 8.38. The van der Waals surface area contributed by atoms with Crippen LogP contribution in [-0.2, 0) is 6.54 Å². The molecule has 120 valence electrons. The minimum absolute atomic E-state index is 0.434. The Labute approximate surface area is 132 Å². The fourth-order valence-electron chi connectivity index (χ4n) is 1.85. The molecule has 0 aliphatic rings. The van der Waals surface area contributed by atoms with Crippen molar-refractivity contribution in [3.05, 3.63) is 17.7 Å². The highest BCUT2D eigenvalue weighted by Gasteiger charge is 2.14. The largest absolute Gasteiger partial charge is 0.493 e. The maximum atomic E-state index is 5.84. The van der Waals surface area contributed by atoms with Gasteiger partial charge in [-0.15, -0.1) is 0 Å². The second-order valence-corrected chi connectivity index (χ2v) is 6.30. The van der Waals surface area contributed by atoms with Gasteiger partial charge in [-0.2, -0.15) is 11.8 Å². The van der Waals surface area contributed by atoms with E-state index >= 15 is 0 Å². The van der Waals surface area contributed by atoms with Crippen LogP contribution < -0.4 is 19.5 Å². The van der Waals surface area contributed by atoms with Crippen molar-refractivity contribution in [3.8, 4) is 17.2 Å². The van der Waals surface area contributed by atoms with Crippen LogP contribution in [0.1, 0.15) is 26.3 Å². The Morgan fingerprint density at radius 2 is 1.76 bits per heavy atom. The van der Waals surface area contributed by atoms with E-state index in [2.05, 4.69) is 26.1 Å². The van der Waals surface area contributed by atoms with Crippen LogP contribution in [0.4, 0.5) is 0 Å². The summed E-state index contributed by atoms with van der Waals surface area (Å²) in [5.74, 6) is 4.18. The van der Waals surface area contributed by atoms with Gasteiger partial charge in [-0.05, 0) is 23.4 Å². The molecular weight excluding hydrogens is 286 g/mol. The number of nitrogens with one attached hydrogen (secondary N) is 1. The van der Waals surface area contributed by atoms with Crippen LogP contribution in [0, 0.1) is 0 Å². The first-order valence-electron chi connectivity index (χ1n) is 7.31. The molecule has 5 heteroatoms. The smallest absolute Gasteiger partial charge is 0.203 e. The summed E-state index contributed by atoms with van der Waals surface area (Å²) in [6.07, 6.45) is 0. The molecule has 0 atom stereocenters. The average Bonchev–Trinajstić information content (AvgIpc) is 2.49. The molecule has 0 heterocycles. The molecular formula is C16H27NO3S. The molecule has 4 nitrogen and oxygen atoms in total. The van der Waals surface area contributed by atoms with Crippen molar-refractivity contribution in [2.75, 3.05) is 32.3 Å². The first-order chi connectivity index (χ1) is 10.1. The maximum Gasteiger partial charge on any atom is 0.203 e. The van der Waals surface area contributed by atoms with Gasteiger partial charge >= 0.3 is 0 Å². The number of rotatable bonds is 10. The molecule has 0 spiro atoms. The van der Waals surface area contributed by atoms with E-state index in [0.29, 0.717) is 18.4 Å². The highest BCUT2D eigenvalue weighted by atomic mass is 32.2. The molecule has 0 unspecified atom stereocenters. The minimum Gasteiger partial charge on any atom is -0.493 e. The van der Waals surface area contributed by atoms with Crippen LogP contribution in [0.15, 0.2) is 12.1 Å². The van der Waals surface area contributed by atoms with Crippen molar-refractivity contribution < 1.29 is 14.2 Å². The normalized spacial score (nSPS) is 10.8. The number of hydrogen-bond donors (Lipinski definition) is 1. The van der Waals surface area contributed by atoms with Crippen LogP contribution >= 0.6 is 11.8 Å². The third kappa shape index (κ3) is 6.06. The van der Waals surface area contributed by atoms with Gasteiger partial charge in [-0.25, -0.2) is 0 Å². The van der Waals surface area contributed by atoms with E-state index in [0.717, 1.165) is 35.1 Å². The third-order valence-electron chi connectivity index (χ3n) is 2.91. The fourth-order valence-corrected chi connectivity index (χ4v) is 2.34. The van der Waals surface area contributed by atoms with E-state index in [1.54, 1.807) is 14.2 Å². The number of benzene rings is 1. The Bertz CT molecular complexity index is 399. The van der Waals surface area contributed by atoms with Gasteiger partial charge in [0.25, 0.3) is 0 Å². The predicted octanol–water partition coefficient (Wildman–Crippen LogP) is 3.33. The Balaban J connectivity index is 2.85. The lowest BCUT2D eigenvalue weighted by molar-refractivity contribution is 0.290. The second-order valence-electron chi connectivity index (χ2n) is 4.91. The van der Waals surface area contributed by atoms with Gasteiger partial charge in [0.2, 0.25) is 5.75 Å². The van der Waals surface area contributed by atoms with E-state index in [-0.39, 0.29) is 0 Å². The van der Waals surface area contributed by atoms with Gasteiger partial charge < -0.3 is 19.5 Å². The summed E-state index contributed by atoms with van der Waals surface area (Å²) in [6, 6.07) is 4.43. The minimum atomic E-state index is 0.434. The molecule has 0 aliphatic heterocycles. The van der Waals surface area contributed by atoms with E-state index < -0.39 is 0 Å². The standard InChI is InChI=1S/C16H27NO3S/c1-6-21-8-7-20-16-14(18-4)9-13(10-15(16)19-5)11-17-12(2)3/h9-10,12,17H,6-8,11H2,1-5H3. The molecule has 1 aromatic carbocycles. The highest BCUT2D eigenvalue weighted by molar-refractivity contribution is 7.99. The van der Waals surface area contributed by atoms with Gasteiger partial charge in [0, 0.05) is 18.3 Å². The highest BCUT2D eigenvalue weighted by Crippen LogP contribution is 2.38. The molecule has 0 radical (unpaired) electrons. The molecule has 1 rings (SSSR count). The van der Waals surface area contributed by atoms with Crippen LogP contribution in [-0.4, -0.2) is 38.4 Å². The molecule has 0 aliphatic carbocycles. The monoisotopic (exact) mass is 313 g/mol. The molecule has 0 saturated heterocycles. The molecule has 0 bridgehead atoms. The quantitative estimate of drug-likeness (QED) is 0.671. The van der Waals surface area contributed by atoms with Crippen molar-refractivity contribution in [2.24, 2.45) is 0 Å². The number of thioether (sulfide) groups is 1. The van der Waals surface area contributed by atoms with Crippen molar-refractivity contribution >= 4 is 11.8 Å². The van der Waals surface area contributed by atoms with Crippen LogP contribution in [0.3, 0.4) is 0 Å². The van der Waals surface area contributed by atoms with E-state index in [1.807, 2.05) is 23.9 Å². The first kappa shape index (κ1) is 18.0. The van der Waals surface area contributed by atoms with Gasteiger partial charge in [0.1, 0.15) is 0 Å². The van der Waals surface area contributed by atoms with Gasteiger partial charge in [0.05, 0.1) is 20.8 Å². The Morgan fingerprint density at radius 1 is 1.14 bits per heavy atom. The number of ether oxygens (including phenoxy) is 3. The molecule has 0 fully saturated rings. The lowest BCUT2D eigenvalue weighted by Crippen LogP contribution is -2.21. The topological polar surface area (TPSA) is 39.7 Å². The summed E-state index contributed by atoms with van der Waals surface area (Å²) in [5, 5.41) is 3.39. The number of hydrogen-bond acceptors (Lipinski definition) is 5. The summed E-state index contributed by atoms with van der Waals surface area (Å²) in [5.41, 5.74) is 1.12. The van der Waals surface area contributed by atoms with Crippen LogP contribution in [0.25, 0.3) is 0 Å². The van der Waals surface area contributed by atoms with Gasteiger partial charge in [0.15, 0.2) is 11.5 Å². The first-order valence-corrected chi connectivity index (χ1v) is 8.46. The van der Waals surface area contributed by atoms with E-state index in [9.17, 15) is 0 Å². The summed E-state index contributed by atoms with van der Waals surface area (Å²) in [7, 11) is 3.31. The zero-order valence-electron chi connectivity index (χ0n) is 13.7. The molecule has 21 heavy (non-hydrogen) atoms. The lowest BCUT2D eigenvalue weighted by atomic mass is 10.1. The maximum absolute atomic E-state index is 5.84. The van der Waals surface area contributed by atoms with E-state index in [1.165, 1.54) is 0 Å². The molecule has 0 saturated carbocycles. The molecule has 1 N–H and O–H groups in total.